The summed E-state index contributed by atoms with van der Waals surface area (Å²) in [6.45, 7) is 8.88. The molecule has 1 heteroatoms. The highest BCUT2D eigenvalue weighted by Crippen LogP contribution is 2.19. The number of allylic oxidation sites excluding steroid dienone is 3. The van der Waals surface area contributed by atoms with Gasteiger partial charge in [0.2, 0.25) is 0 Å². The summed E-state index contributed by atoms with van der Waals surface area (Å²) in [4.78, 5) is 0. The predicted octanol–water partition coefficient (Wildman–Crippen LogP) is 4.34. The molecule has 1 N–H and O–H groups in total. The highest BCUT2D eigenvalue weighted by molar-refractivity contribution is 5.66. The fourth-order valence-corrected chi connectivity index (χ4v) is 2.76. The zero-order chi connectivity index (χ0) is 13.7. The molecular formula is C18H25N. The van der Waals surface area contributed by atoms with Gasteiger partial charge >= 0.3 is 0 Å². The van der Waals surface area contributed by atoms with Gasteiger partial charge < -0.3 is 5.32 Å². The maximum Gasteiger partial charge on any atom is 0.00144 e. The second-order valence-electron chi connectivity index (χ2n) is 5.71. The van der Waals surface area contributed by atoms with E-state index in [9.17, 15) is 0 Å². The molecule has 0 saturated carbocycles. The molecule has 1 atom stereocenters. The second kappa shape index (κ2) is 6.72. The van der Waals surface area contributed by atoms with Crippen LogP contribution in [0.2, 0.25) is 0 Å². The molecule has 0 amide bonds. The quantitative estimate of drug-likeness (QED) is 0.792. The molecule has 1 aliphatic heterocycles. The number of rotatable bonds is 3. The van der Waals surface area contributed by atoms with Crippen molar-refractivity contribution in [1.29, 1.82) is 0 Å². The van der Waals surface area contributed by atoms with Crippen LogP contribution in [0, 0.1) is 12.8 Å². The first kappa shape index (κ1) is 14.1. The molecule has 1 aliphatic rings. The summed E-state index contributed by atoms with van der Waals surface area (Å²) in [5, 5.41) is 3.47. The van der Waals surface area contributed by atoms with Crippen LogP contribution in [-0.4, -0.2) is 13.1 Å². The molecule has 1 unspecified atom stereocenters. The van der Waals surface area contributed by atoms with Crippen LogP contribution < -0.4 is 5.32 Å². The third-order valence-electron chi connectivity index (χ3n) is 3.75. The third-order valence-corrected chi connectivity index (χ3v) is 3.75. The maximum absolute atomic E-state index is 3.47. The average Bonchev–Trinajstić information content (AvgIpc) is 2.39. The summed E-state index contributed by atoms with van der Waals surface area (Å²) in [6.07, 6.45) is 7.35. The third kappa shape index (κ3) is 4.36. The highest BCUT2D eigenvalue weighted by atomic mass is 14.9. The van der Waals surface area contributed by atoms with Crippen molar-refractivity contribution in [1.82, 2.24) is 5.32 Å². The number of benzene rings is 1. The Morgan fingerprint density at radius 3 is 2.84 bits per heavy atom. The minimum atomic E-state index is 0.704. The van der Waals surface area contributed by atoms with E-state index in [0.29, 0.717) is 5.92 Å². The molecule has 0 bridgehead atoms. The Kier molecular flexibility index (Phi) is 4.98. The predicted molar refractivity (Wildman–Crippen MR) is 84.2 cm³/mol. The van der Waals surface area contributed by atoms with Gasteiger partial charge in [0.05, 0.1) is 0 Å². The van der Waals surface area contributed by atoms with Gasteiger partial charge in [-0.15, -0.1) is 0 Å². The average molecular weight is 255 g/mol. The first-order chi connectivity index (χ1) is 9.15. The van der Waals surface area contributed by atoms with Crippen LogP contribution in [0.1, 0.15) is 37.8 Å². The second-order valence-corrected chi connectivity index (χ2v) is 5.71. The topological polar surface area (TPSA) is 12.0 Å². The molecule has 0 aliphatic carbocycles. The fourth-order valence-electron chi connectivity index (χ4n) is 2.76. The van der Waals surface area contributed by atoms with Crippen molar-refractivity contribution in [3.63, 3.8) is 0 Å². The summed E-state index contributed by atoms with van der Waals surface area (Å²) in [7, 11) is 0. The van der Waals surface area contributed by atoms with Crippen molar-refractivity contribution in [2.24, 2.45) is 5.92 Å². The summed E-state index contributed by atoms with van der Waals surface area (Å²) < 4.78 is 0. The Balaban J connectivity index is 2.08. The van der Waals surface area contributed by atoms with Gasteiger partial charge in [0.25, 0.3) is 0 Å². The molecule has 1 heterocycles. The van der Waals surface area contributed by atoms with Gasteiger partial charge in [0.1, 0.15) is 0 Å². The van der Waals surface area contributed by atoms with Gasteiger partial charge in [-0.25, -0.2) is 0 Å². The monoisotopic (exact) mass is 255 g/mol. The number of hydrogen-bond acceptors (Lipinski definition) is 1. The Labute approximate surface area is 117 Å². The van der Waals surface area contributed by atoms with Gasteiger partial charge in [-0.2, -0.15) is 0 Å². The highest BCUT2D eigenvalue weighted by Gasteiger charge is 2.09. The van der Waals surface area contributed by atoms with E-state index in [4.69, 9.17) is 0 Å². The molecule has 0 radical (unpaired) electrons. The SMILES string of the molecule is CC(=C\C1CCCNC1)/C=C(\C)c1cccc(C)c1. The van der Waals surface area contributed by atoms with Crippen molar-refractivity contribution in [2.75, 3.05) is 13.1 Å². The molecule has 0 spiro atoms. The molecule has 0 aromatic heterocycles. The van der Waals surface area contributed by atoms with Crippen molar-refractivity contribution in [2.45, 2.75) is 33.6 Å². The molecule has 102 valence electrons. The number of aryl methyl sites for hydroxylation is 1. The molecule has 1 saturated heterocycles. The first-order valence-corrected chi connectivity index (χ1v) is 7.29. The Bertz CT molecular complexity index is 476. The van der Waals surface area contributed by atoms with Crippen LogP contribution in [0.5, 0.6) is 0 Å². The minimum Gasteiger partial charge on any atom is -0.316 e. The van der Waals surface area contributed by atoms with E-state index in [2.05, 4.69) is 62.5 Å². The van der Waals surface area contributed by atoms with Crippen LogP contribution >= 0.6 is 0 Å². The van der Waals surface area contributed by atoms with Gasteiger partial charge in [-0.3, -0.25) is 0 Å². The summed E-state index contributed by atoms with van der Waals surface area (Å²) in [5.74, 6) is 0.704. The van der Waals surface area contributed by atoms with E-state index in [-0.39, 0.29) is 0 Å². The van der Waals surface area contributed by atoms with Crippen molar-refractivity contribution < 1.29 is 0 Å². The van der Waals surface area contributed by atoms with E-state index in [0.717, 1.165) is 6.54 Å². The van der Waals surface area contributed by atoms with E-state index in [1.165, 1.54) is 41.7 Å². The molecule has 2 rings (SSSR count). The first-order valence-electron chi connectivity index (χ1n) is 7.29. The number of nitrogens with one attached hydrogen (secondary N) is 1. The molecule has 1 aromatic carbocycles. The Morgan fingerprint density at radius 1 is 1.32 bits per heavy atom. The Hall–Kier alpha value is -1.34. The van der Waals surface area contributed by atoms with E-state index in [1.54, 1.807) is 0 Å². The lowest BCUT2D eigenvalue weighted by molar-refractivity contribution is 0.437. The van der Waals surface area contributed by atoms with Gasteiger partial charge in [0, 0.05) is 6.54 Å². The zero-order valence-electron chi connectivity index (χ0n) is 12.4. The lowest BCUT2D eigenvalue weighted by Crippen LogP contribution is -2.28. The van der Waals surface area contributed by atoms with Crippen LogP contribution in [0.25, 0.3) is 5.57 Å². The largest absolute Gasteiger partial charge is 0.316 e. The van der Waals surface area contributed by atoms with Crippen molar-refractivity contribution >= 4 is 5.57 Å². The van der Waals surface area contributed by atoms with E-state index < -0.39 is 0 Å². The van der Waals surface area contributed by atoms with Crippen LogP contribution in [0.4, 0.5) is 0 Å². The molecule has 1 aromatic rings. The summed E-state index contributed by atoms with van der Waals surface area (Å²) in [5.41, 5.74) is 5.38. The zero-order valence-corrected chi connectivity index (χ0v) is 12.4. The molecular weight excluding hydrogens is 230 g/mol. The Morgan fingerprint density at radius 2 is 2.16 bits per heavy atom. The van der Waals surface area contributed by atoms with Gasteiger partial charge in [-0.1, -0.05) is 47.6 Å². The lowest BCUT2D eigenvalue weighted by Gasteiger charge is -2.20. The summed E-state index contributed by atoms with van der Waals surface area (Å²) >= 11 is 0. The van der Waals surface area contributed by atoms with Crippen LogP contribution in [-0.2, 0) is 0 Å². The van der Waals surface area contributed by atoms with Gasteiger partial charge in [-0.05, 0) is 57.2 Å². The van der Waals surface area contributed by atoms with Crippen molar-refractivity contribution in [3.8, 4) is 0 Å². The molecule has 1 fully saturated rings. The number of piperidine rings is 1. The van der Waals surface area contributed by atoms with Crippen LogP contribution in [0.15, 0.2) is 42.0 Å². The lowest BCUT2D eigenvalue weighted by atomic mass is 9.96. The fraction of sp³-hybridized carbons (Fsp3) is 0.444. The number of hydrogen-bond donors (Lipinski definition) is 1. The van der Waals surface area contributed by atoms with Gasteiger partial charge in [0.15, 0.2) is 0 Å². The van der Waals surface area contributed by atoms with Crippen molar-refractivity contribution in [3.05, 3.63) is 53.1 Å². The van der Waals surface area contributed by atoms with Crippen LogP contribution in [0.3, 0.4) is 0 Å². The van der Waals surface area contributed by atoms with E-state index >= 15 is 0 Å². The standard InChI is InChI=1S/C18H25N/c1-14-6-4-8-18(12-14)16(3)10-15(2)11-17-7-5-9-19-13-17/h4,6,8,10-12,17,19H,5,7,9,13H2,1-3H3/b15-11+,16-10+. The minimum absolute atomic E-state index is 0.704. The molecule has 19 heavy (non-hydrogen) atoms. The van der Waals surface area contributed by atoms with E-state index in [1.807, 2.05) is 0 Å². The maximum atomic E-state index is 3.47. The molecule has 1 nitrogen and oxygen atoms in total. The summed E-state index contributed by atoms with van der Waals surface area (Å²) in [6, 6.07) is 8.72. The normalized spacial score (nSPS) is 21.5. The smallest absolute Gasteiger partial charge is 0.00144 e.